The molecule has 5 nitrogen and oxygen atoms in total. The zero-order valence-corrected chi connectivity index (χ0v) is 24.9. The van der Waals surface area contributed by atoms with Gasteiger partial charge in [-0.15, -0.1) is 29.8 Å². The number of pyridine rings is 3. The van der Waals surface area contributed by atoms with E-state index in [1.165, 1.54) is 12.5 Å². The summed E-state index contributed by atoms with van der Waals surface area (Å²) in [5.74, 6) is 0. The van der Waals surface area contributed by atoms with Gasteiger partial charge in [0.15, 0.2) is 0 Å². The van der Waals surface area contributed by atoms with Crippen molar-refractivity contribution in [2.24, 2.45) is 0 Å². The summed E-state index contributed by atoms with van der Waals surface area (Å²) in [7, 11) is 4.03. The number of aromatic nitrogens is 3. The van der Waals surface area contributed by atoms with E-state index in [2.05, 4.69) is 51.0 Å². The molecule has 0 amide bonds. The molecule has 0 saturated carbocycles. The van der Waals surface area contributed by atoms with Crippen LogP contribution in [0, 0.1) is 24.3 Å². The van der Waals surface area contributed by atoms with Crippen molar-refractivity contribution in [2.45, 2.75) is 13.3 Å². The molecule has 0 bridgehead atoms. The molecule has 3 heterocycles. The molecule has 2 aromatic carbocycles. The fourth-order valence-electron chi connectivity index (χ4n) is 3.76. The van der Waals surface area contributed by atoms with Gasteiger partial charge in [0.1, 0.15) is 0 Å². The van der Waals surface area contributed by atoms with Gasteiger partial charge in [0.25, 0.3) is 0 Å². The third-order valence-electron chi connectivity index (χ3n) is 5.56. The van der Waals surface area contributed by atoms with E-state index in [-0.39, 0.29) is 19.8 Å². The number of benzene rings is 2. The molecule has 0 atom stereocenters. The molecule has 0 aliphatic heterocycles. The normalized spacial score (nSPS) is 9.41. The molecule has 0 fully saturated rings. The Morgan fingerprint density at radius 3 is 1.59 bits per heavy atom. The Kier molecular flexibility index (Phi) is 13.2. The molecule has 6 heteroatoms. The molecular formula is C33H31N5Os. The molecule has 3 aromatic heterocycles. The molecule has 0 unspecified atom stereocenters. The molecule has 5 rings (SSSR count). The van der Waals surface area contributed by atoms with Crippen molar-refractivity contribution in [1.29, 1.82) is 5.26 Å². The summed E-state index contributed by atoms with van der Waals surface area (Å²) in [6, 6.07) is 35.1. The van der Waals surface area contributed by atoms with Gasteiger partial charge < -0.3 is 16.8 Å². The Balaban J connectivity index is 0.000000251. The second kappa shape index (κ2) is 16.6. The van der Waals surface area contributed by atoms with Crippen molar-refractivity contribution in [3.8, 4) is 39.8 Å². The molecule has 0 spiro atoms. The SMILES string of the molecule is CC#N.CN(C)c1c[c-]c(-c2ccccn2)cc1.[CH2-]Cc1c(-c2ccccn2)cccc1-c1ccccn1.[Os+2]. The molecule has 0 aliphatic carbocycles. The summed E-state index contributed by atoms with van der Waals surface area (Å²) >= 11 is 0. The molecule has 0 saturated heterocycles. The van der Waals surface area contributed by atoms with E-state index in [0.717, 1.165) is 39.5 Å². The van der Waals surface area contributed by atoms with E-state index in [1.807, 2.05) is 99.3 Å². The van der Waals surface area contributed by atoms with Crippen molar-refractivity contribution in [3.05, 3.63) is 128 Å². The van der Waals surface area contributed by atoms with E-state index in [1.54, 1.807) is 12.3 Å². The average molecular weight is 688 g/mol. The second-order valence-electron chi connectivity index (χ2n) is 8.31. The molecular weight excluding hydrogens is 657 g/mol. The van der Waals surface area contributed by atoms with Gasteiger partial charge >= 0.3 is 19.8 Å². The van der Waals surface area contributed by atoms with Gasteiger partial charge in [-0.25, -0.2) is 0 Å². The van der Waals surface area contributed by atoms with Crippen molar-refractivity contribution >= 4 is 5.69 Å². The van der Waals surface area contributed by atoms with Gasteiger partial charge in [0, 0.05) is 36.6 Å². The van der Waals surface area contributed by atoms with Crippen LogP contribution in [0.2, 0.25) is 0 Å². The van der Waals surface area contributed by atoms with Crippen LogP contribution < -0.4 is 4.90 Å². The van der Waals surface area contributed by atoms with Crippen LogP contribution in [0.25, 0.3) is 33.8 Å². The Labute approximate surface area is 245 Å². The number of nitriles is 1. The summed E-state index contributed by atoms with van der Waals surface area (Å²) in [4.78, 5) is 15.2. The van der Waals surface area contributed by atoms with Crippen LogP contribution in [0.15, 0.2) is 110 Å². The molecule has 5 aromatic rings. The van der Waals surface area contributed by atoms with Crippen molar-refractivity contribution in [1.82, 2.24) is 15.0 Å². The maximum Gasteiger partial charge on any atom is 2.00 e. The summed E-state index contributed by atoms with van der Waals surface area (Å²) in [5, 5.41) is 7.32. The molecule has 0 N–H and O–H groups in total. The predicted molar refractivity (Wildman–Crippen MR) is 156 cm³/mol. The van der Waals surface area contributed by atoms with Crippen LogP contribution in [0.4, 0.5) is 5.69 Å². The van der Waals surface area contributed by atoms with Crippen molar-refractivity contribution in [3.63, 3.8) is 0 Å². The van der Waals surface area contributed by atoms with Crippen LogP contribution in [-0.2, 0) is 26.2 Å². The zero-order valence-electron chi connectivity index (χ0n) is 22.4. The Hall–Kier alpha value is -4.18. The maximum atomic E-state index is 7.32. The quantitative estimate of drug-likeness (QED) is 0.181. The van der Waals surface area contributed by atoms with Gasteiger partial charge in [-0.2, -0.15) is 11.7 Å². The first-order chi connectivity index (χ1) is 18.6. The van der Waals surface area contributed by atoms with E-state index in [0.29, 0.717) is 6.42 Å². The fourth-order valence-corrected chi connectivity index (χ4v) is 3.76. The third-order valence-corrected chi connectivity index (χ3v) is 5.56. The van der Waals surface area contributed by atoms with Crippen LogP contribution in [0.5, 0.6) is 0 Å². The monoisotopic (exact) mass is 689 g/mol. The maximum absolute atomic E-state index is 7.32. The van der Waals surface area contributed by atoms with Crippen LogP contribution in [0.1, 0.15) is 12.5 Å². The Bertz CT molecular complexity index is 1360. The predicted octanol–water partition coefficient (Wildman–Crippen LogP) is 7.33. The first-order valence-corrected chi connectivity index (χ1v) is 12.2. The summed E-state index contributed by atoms with van der Waals surface area (Å²) in [6.07, 6.45) is 6.13. The fraction of sp³-hybridized carbons (Fsp3) is 0.121. The first-order valence-electron chi connectivity index (χ1n) is 12.2. The number of nitrogens with zero attached hydrogens (tertiary/aromatic N) is 5. The molecule has 0 aliphatic rings. The van der Waals surface area contributed by atoms with Crippen molar-refractivity contribution < 1.29 is 19.8 Å². The Morgan fingerprint density at radius 1 is 0.744 bits per heavy atom. The number of hydrogen-bond acceptors (Lipinski definition) is 5. The molecule has 196 valence electrons. The average Bonchev–Trinajstić information content (AvgIpc) is 2.99. The smallest absolute Gasteiger partial charge is 0.416 e. The van der Waals surface area contributed by atoms with Crippen LogP contribution in [0.3, 0.4) is 0 Å². The number of anilines is 1. The van der Waals surface area contributed by atoms with E-state index in [9.17, 15) is 0 Å². The van der Waals surface area contributed by atoms with E-state index in [4.69, 9.17) is 5.26 Å². The summed E-state index contributed by atoms with van der Waals surface area (Å²) in [6.45, 7) is 5.50. The number of hydrogen-bond donors (Lipinski definition) is 0. The molecule has 0 radical (unpaired) electrons. The minimum absolute atomic E-state index is 0. The van der Waals surface area contributed by atoms with Crippen molar-refractivity contribution in [2.75, 3.05) is 19.0 Å². The van der Waals surface area contributed by atoms with E-state index >= 15 is 0 Å². The van der Waals surface area contributed by atoms with Crippen LogP contribution in [-0.4, -0.2) is 29.0 Å². The van der Waals surface area contributed by atoms with Crippen LogP contribution >= 0.6 is 0 Å². The van der Waals surface area contributed by atoms with Gasteiger partial charge in [-0.3, -0.25) is 9.97 Å². The van der Waals surface area contributed by atoms with E-state index < -0.39 is 0 Å². The standard InChI is InChI=1S/C18H15N2.C13H13N2.C2H3N.Os/c1-2-14-15(17-10-3-5-12-19-17)8-7-9-16(14)18-11-4-6-13-20-18;1-15(2)12-8-6-11(7-9-12)13-5-3-4-10-14-13;1-2-3;/h3-13H,1-2H2;3-6,8-10H,1-2H3;1H3;/q2*-1;;+2. The largest absolute Gasteiger partial charge is 2.00 e. The first kappa shape index (κ1) is 31.0. The minimum Gasteiger partial charge on any atom is -0.416 e. The topological polar surface area (TPSA) is 65.7 Å². The van der Waals surface area contributed by atoms with Gasteiger partial charge in [0.2, 0.25) is 0 Å². The van der Waals surface area contributed by atoms with Gasteiger partial charge in [-0.1, -0.05) is 48.0 Å². The number of rotatable bonds is 5. The summed E-state index contributed by atoms with van der Waals surface area (Å²) in [5.41, 5.74) is 8.53. The molecule has 39 heavy (non-hydrogen) atoms. The summed E-state index contributed by atoms with van der Waals surface area (Å²) < 4.78 is 0. The zero-order chi connectivity index (χ0) is 27.2. The third kappa shape index (κ3) is 8.96. The van der Waals surface area contributed by atoms with Gasteiger partial charge in [-0.05, 0) is 55.8 Å². The minimum atomic E-state index is 0. The second-order valence-corrected chi connectivity index (χ2v) is 8.31. The van der Waals surface area contributed by atoms with Gasteiger partial charge in [0.05, 0.1) is 17.5 Å². The Morgan fingerprint density at radius 2 is 1.23 bits per heavy atom.